The summed E-state index contributed by atoms with van der Waals surface area (Å²) in [7, 11) is 0. The highest BCUT2D eigenvalue weighted by Crippen LogP contribution is 2.34. The lowest BCUT2D eigenvalue weighted by molar-refractivity contribution is -0.140. The van der Waals surface area contributed by atoms with E-state index in [-0.39, 0.29) is 11.4 Å². The predicted octanol–water partition coefficient (Wildman–Crippen LogP) is 3.30. The van der Waals surface area contributed by atoms with Crippen molar-refractivity contribution >= 4 is 11.8 Å². The van der Waals surface area contributed by atoms with E-state index < -0.39 is 29.3 Å². The number of rotatable bonds is 2. The van der Waals surface area contributed by atoms with Crippen molar-refractivity contribution in [3.63, 3.8) is 0 Å². The van der Waals surface area contributed by atoms with Gasteiger partial charge >= 0.3 is 12.3 Å². The molecule has 0 atom stereocenters. The molecule has 128 valence electrons. The number of hydrogen-bond acceptors (Lipinski definition) is 6. The number of hydrogen-bond donors (Lipinski definition) is 1. The summed E-state index contributed by atoms with van der Waals surface area (Å²) in [6, 6.07) is 0. The topological polar surface area (TPSA) is 89.9 Å². The smallest absolute Gasteiger partial charge is 0.435 e. The molecule has 2 aromatic heterocycles. The lowest BCUT2D eigenvalue weighted by Gasteiger charge is -2.20. The quantitative estimate of drug-likeness (QED) is 0.901. The lowest BCUT2D eigenvalue weighted by Crippen LogP contribution is -2.28. The molecule has 24 heavy (non-hydrogen) atoms. The summed E-state index contributed by atoms with van der Waals surface area (Å²) in [6.45, 7) is 4.77. The Hall–Kier alpha value is -2.78. The third-order valence-corrected chi connectivity index (χ3v) is 2.51. The molecule has 0 saturated heterocycles. The Kier molecular flexibility index (Phi) is 4.67. The van der Waals surface area contributed by atoms with Crippen molar-refractivity contribution in [3.05, 3.63) is 30.6 Å². The standard InChI is InChI=1S/C14H14F3N5O2/c1-13(2,3)24-12(23)21-9-6-20-11(8-4-18-7-19-5-8)22-10(9)14(15,16)17/h4-7H,1-3H3,(H,21,23). The first-order valence-corrected chi connectivity index (χ1v) is 6.76. The van der Waals surface area contributed by atoms with Crippen molar-refractivity contribution in [2.75, 3.05) is 5.32 Å². The molecule has 0 aliphatic rings. The fourth-order valence-corrected chi connectivity index (χ4v) is 1.66. The molecule has 0 spiro atoms. The Bertz CT molecular complexity index is 729. The average Bonchev–Trinajstić information content (AvgIpc) is 2.45. The van der Waals surface area contributed by atoms with Crippen LogP contribution in [0.3, 0.4) is 0 Å². The summed E-state index contributed by atoms with van der Waals surface area (Å²) < 4.78 is 44.6. The van der Waals surface area contributed by atoms with Gasteiger partial charge in [-0.2, -0.15) is 13.2 Å². The van der Waals surface area contributed by atoms with Crippen LogP contribution in [0.4, 0.5) is 23.7 Å². The number of halogens is 3. The Morgan fingerprint density at radius 3 is 2.29 bits per heavy atom. The number of alkyl halides is 3. The van der Waals surface area contributed by atoms with Gasteiger partial charge in [0.2, 0.25) is 0 Å². The minimum atomic E-state index is -4.79. The molecule has 2 aromatic rings. The summed E-state index contributed by atoms with van der Waals surface area (Å²) in [4.78, 5) is 26.4. The van der Waals surface area contributed by atoms with Crippen molar-refractivity contribution in [1.29, 1.82) is 0 Å². The van der Waals surface area contributed by atoms with E-state index >= 15 is 0 Å². The Balaban J connectivity index is 2.37. The number of aromatic nitrogens is 4. The third-order valence-electron chi connectivity index (χ3n) is 2.51. The van der Waals surface area contributed by atoms with Crippen LogP contribution in [0.15, 0.2) is 24.9 Å². The molecule has 0 unspecified atom stereocenters. The first-order valence-electron chi connectivity index (χ1n) is 6.76. The van der Waals surface area contributed by atoms with E-state index in [1.807, 2.05) is 5.32 Å². The molecule has 1 amide bonds. The fraction of sp³-hybridized carbons (Fsp3) is 0.357. The molecule has 0 saturated carbocycles. The first kappa shape index (κ1) is 17.6. The Labute approximate surface area is 135 Å². The minimum absolute atomic E-state index is 0.210. The van der Waals surface area contributed by atoms with Crippen LogP contribution in [0.25, 0.3) is 11.4 Å². The first-order chi connectivity index (χ1) is 11.1. The molecule has 7 nitrogen and oxygen atoms in total. The number of nitrogens with one attached hydrogen (secondary N) is 1. The zero-order valence-electron chi connectivity index (χ0n) is 13.0. The maximum atomic E-state index is 13.2. The number of nitrogens with zero attached hydrogens (tertiary/aromatic N) is 4. The van der Waals surface area contributed by atoms with Gasteiger partial charge in [-0.25, -0.2) is 24.7 Å². The number of ether oxygens (including phenoxy) is 1. The zero-order valence-corrected chi connectivity index (χ0v) is 13.0. The molecule has 0 aliphatic heterocycles. The van der Waals surface area contributed by atoms with Gasteiger partial charge in [0, 0.05) is 12.4 Å². The van der Waals surface area contributed by atoms with E-state index in [1.165, 1.54) is 18.7 Å². The van der Waals surface area contributed by atoms with E-state index in [2.05, 4.69) is 19.9 Å². The maximum absolute atomic E-state index is 13.2. The van der Waals surface area contributed by atoms with Crippen molar-refractivity contribution < 1.29 is 22.7 Å². The summed E-state index contributed by atoms with van der Waals surface area (Å²) >= 11 is 0. The van der Waals surface area contributed by atoms with Gasteiger partial charge in [0.05, 0.1) is 17.4 Å². The average molecular weight is 341 g/mol. The van der Waals surface area contributed by atoms with Gasteiger partial charge in [0.15, 0.2) is 11.5 Å². The van der Waals surface area contributed by atoms with Crippen LogP contribution in [-0.2, 0) is 10.9 Å². The largest absolute Gasteiger partial charge is 0.444 e. The Morgan fingerprint density at radius 1 is 1.12 bits per heavy atom. The van der Waals surface area contributed by atoms with Gasteiger partial charge in [0.25, 0.3) is 0 Å². The molecule has 0 aromatic carbocycles. The monoisotopic (exact) mass is 341 g/mol. The molecular formula is C14H14F3N5O2. The Morgan fingerprint density at radius 2 is 1.75 bits per heavy atom. The highest BCUT2D eigenvalue weighted by atomic mass is 19.4. The SMILES string of the molecule is CC(C)(C)OC(=O)Nc1cnc(-c2cncnc2)nc1C(F)(F)F. The number of anilines is 1. The van der Waals surface area contributed by atoms with E-state index in [0.29, 0.717) is 0 Å². The minimum Gasteiger partial charge on any atom is -0.444 e. The van der Waals surface area contributed by atoms with E-state index in [1.54, 1.807) is 20.8 Å². The summed E-state index contributed by atoms with van der Waals surface area (Å²) in [5.74, 6) is -0.210. The fourth-order valence-electron chi connectivity index (χ4n) is 1.66. The van der Waals surface area contributed by atoms with E-state index in [0.717, 1.165) is 6.20 Å². The van der Waals surface area contributed by atoms with Gasteiger partial charge in [-0.1, -0.05) is 0 Å². The molecule has 0 fully saturated rings. The highest BCUT2D eigenvalue weighted by molar-refractivity contribution is 5.85. The van der Waals surface area contributed by atoms with E-state index in [4.69, 9.17) is 4.74 Å². The zero-order chi connectivity index (χ0) is 18.0. The maximum Gasteiger partial charge on any atom is 0.435 e. The van der Waals surface area contributed by atoms with Crippen molar-refractivity contribution in [1.82, 2.24) is 19.9 Å². The van der Waals surface area contributed by atoms with Gasteiger partial charge < -0.3 is 4.74 Å². The predicted molar refractivity (Wildman–Crippen MR) is 77.9 cm³/mol. The van der Waals surface area contributed by atoms with E-state index in [9.17, 15) is 18.0 Å². The number of carbonyl (C=O) groups is 1. The van der Waals surface area contributed by atoms with Crippen LogP contribution in [0.2, 0.25) is 0 Å². The third kappa shape index (κ3) is 4.61. The molecular weight excluding hydrogens is 327 g/mol. The van der Waals surface area contributed by atoms with Crippen LogP contribution in [0.1, 0.15) is 26.5 Å². The molecule has 0 bridgehead atoms. The second-order valence-corrected chi connectivity index (χ2v) is 5.71. The summed E-state index contributed by atoms with van der Waals surface area (Å²) in [6.07, 6.45) is -1.17. The summed E-state index contributed by atoms with van der Waals surface area (Å²) in [5.41, 5.74) is -2.53. The molecule has 1 N–H and O–H groups in total. The lowest BCUT2D eigenvalue weighted by atomic mass is 10.2. The van der Waals surface area contributed by atoms with Crippen molar-refractivity contribution in [3.8, 4) is 11.4 Å². The second-order valence-electron chi connectivity index (χ2n) is 5.71. The van der Waals surface area contributed by atoms with Gasteiger partial charge in [-0.3, -0.25) is 5.32 Å². The van der Waals surface area contributed by atoms with Crippen LogP contribution in [-0.4, -0.2) is 31.6 Å². The molecule has 0 radical (unpaired) electrons. The van der Waals surface area contributed by atoms with Gasteiger partial charge in [-0.05, 0) is 20.8 Å². The van der Waals surface area contributed by atoms with Crippen LogP contribution >= 0.6 is 0 Å². The molecule has 0 aliphatic carbocycles. The number of carbonyl (C=O) groups excluding carboxylic acids is 1. The summed E-state index contributed by atoms with van der Waals surface area (Å²) in [5, 5.41) is 2.01. The normalized spacial score (nSPS) is 11.9. The number of amides is 1. The highest BCUT2D eigenvalue weighted by Gasteiger charge is 2.37. The molecule has 10 heteroatoms. The second kappa shape index (κ2) is 6.38. The molecule has 2 heterocycles. The molecule has 2 rings (SSSR count). The van der Waals surface area contributed by atoms with Crippen LogP contribution in [0, 0.1) is 0 Å². The van der Waals surface area contributed by atoms with Crippen molar-refractivity contribution in [2.45, 2.75) is 32.5 Å². The van der Waals surface area contributed by atoms with Crippen LogP contribution in [0.5, 0.6) is 0 Å². The van der Waals surface area contributed by atoms with Gasteiger partial charge in [0.1, 0.15) is 11.9 Å². The van der Waals surface area contributed by atoms with Gasteiger partial charge in [-0.15, -0.1) is 0 Å². The van der Waals surface area contributed by atoms with Crippen molar-refractivity contribution in [2.24, 2.45) is 0 Å². The van der Waals surface area contributed by atoms with Crippen LogP contribution < -0.4 is 5.32 Å².